The molecule has 9 rings (SSSR count). The number of benzene rings is 7. The van der Waals surface area contributed by atoms with Gasteiger partial charge in [0.1, 0.15) is 0 Å². The highest BCUT2D eigenvalue weighted by Gasteiger charge is 2.38. The van der Waals surface area contributed by atoms with Crippen molar-refractivity contribution in [2.24, 2.45) is 0 Å². The number of nitriles is 3. The first kappa shape index (κ1) is 35.9. The normalized spacial score (nSPS) is 11.9. The largest absolute Gasteiger partial charge is 0.417 e. The van der Waals surface area contributed by atoms with Crippen LogP contribution < -0.4 is 0 Å². The van der Waals surface area contributed by atoms with E-state index in [2.05, 4.69) is 18.2 Å². The molecular weight excluding hydrogens is 749 g/mol. The lowest BCUT2D eigenvalue weighted by molar-refractivity contribution is -0.142. The highest BCUT2D eigenvalue weighted by Crippen LogP contribution is 2.45. The van der Waals surface area contributed by atoms with Crippen LogP contribution in [0.4, 0.5) is 26.3 Å². The van der Waals surface area contributed by atoms with Gasteiger partial charge in [0.05, 0.1) is 79.5 Å². The molecule has 0 fully saturated rings. The molecule has 58 heavy (non-hydrogen) atoms. The summed E-state index contributed by atoms with van der Waals surface area (Å²) >= 11 is 0. The van der Waals surface area contributed by atoms with E-state index in [0.717, 1.165) is 33.3 Å². The maximum atomic E-state index is 14.7. The Hall–Kier alpha value is -7.81. The van der Waals surface area contributed by atoms with Crippen LogP contribution in [0, 0.1) is 34.0 Å². The number of nitrogens with zero attached hydrogens (tertiary/aromatic N) is 5. The van der Waals surface area contributed by atoms with Crippen LogP contribution in [0.3, 0.4) is 0 Å². The Labute approximate surface area is 325 Å². The zero-order valence-corrected chi connectivity index (χ0v) is 29.8. The molecule has 0 bridgehead atoms. The zero-order valence-electron chi connectivity index (χ0n) is 29.8. The van der Waals surface area contributed by atoms with Crippen molar-refractivity contribution in [2.45, 2.75) is 12.4 Å². The maximum absolute atomic E-state index is 14.7. The number of hydrogen-bond acceptors (Lipinski definition) is 3. The van der Waals surface area contributed by atoms with Crippen molar-refractivity contribution in [1.29, 1.82) is 15.8 Å². The summed E-state index contributed by atoms with van der Waals surface area (Å²) in [6.07, 6.45) is -10.1. The maximum Gasteiger partial charge on any atom is 0.417 e. The molecule has 5 nitrogen and oxygen atoms in total. The second-order valence-corrected chi connectivity index (χ2v) is 13.7. The van der Waals surface area contributed by atoms with Gasteiger partial charge in [0.2, 0.25) is 0 Å². The Morgan fingerprint density at radius 2 is 0.897 bits per heavy atom. The van der Waals surface area contributed by atoms with E-state index >= 15 is 0 Å². The van der Waals surface area contributed by atoms with E-state index in [-0.39, 0.29) is 11.6 Å². The summed E-state index contributed by atoms with van der Waals surface area (Å²) < 4.78 is 89.1. The fraction of sp³-hybridized carbons (Fsp3) is 0.0426. The lowest BCUT2D eigenvalue weighted by Gasteiger charge is -2.21. The van der Waals surface area contributed by atoms with Crippen LogP contribution in [0.2, 0.25) is 0 Å². The van der Waals surface area contributed by atoms with E-state index in [1.165, 1.54) is 12.1 Å². The van der Waals surface area contributed by atoms with Crippen molar-refractivity contribution in [1.82, 2.24) is 9.13 Å². The molecule has 0 aliphatic rings. The Bertz CT molecular complexity index is 3310. The van der Waals surface area contributed by atoms with Crippen LogP contribution in [-0.4, -0.2) is 9.13 Å². The van der Waals surface area contributed by atoms with Crippen LogP contribution in [-0.2, 0) is 12.4 Å². The van der Waals surface area contributed by atoms with Gasteiger partial charge in [0, 0.05) is 32.7 Å². The van der Waals surface area contributed by atoms with Crippen LogP contribution in [0.5, 0.6) is 0 Å². The minimum absolute atomic E-state index is 0.00161. The molecule has 2 heterocycles. The molecule has 0 atom stereocenters. The Balaban J connectivity index is 1.42. The Kier molecular flexibility index (Phi) is 8.13. The second-order valence-electron chi connectivity index (χ2n) is 13.7. The van der Waals surface area contributed by atoms with Gasteiger partial charge >= 0.3 is 12.4 Å². The zero-order chi connectivity index (χ0) is 40.5. The number of fused-ring (bicyclic) bond motifs is 6. The van der Waals surface area contributed by atoms with Crippen LogP contribution in [0.25, 0.3) is 77.2 Å². The number of alkyl halides is 6. The third kappa shape index (κ3) is 5.70. The molecule has 0 N–H and O–H groups in total. The van der Waals surface area contributed by atoms with E-state index < -0.39 is 29.0 Å². The van der Waals surface area contributed by atoms with Crippen LogP contribution in [0.15, 0.2) is 140 Å². The summed E-state index contributed by atoms with van der Waals surface area (Å²) in [4.78, 5) is 0. The molecule has 0 radical (unpaired) electrons. The lowest BCUT2D eigenvalue weighted by atomic mass is 9.92. The average molecular weight is 772 g/mol. The van der Waals surface area contributed by atoms with E-state index in [1.807, 2.05) is 57.7 Å². The number of aromatic nitrogens is 2. The molecule has 0 aliphatic heterocycles. The van der Waals surface area contributed by atoms with Gasteiger partial charge in [-0.15, -0.1) is 0 Å². The van der Waals surface area contributed by atoms with Gasteiger partial charge in [0.15, 0.2) is 0 Å². The first-order chi connectivity index (χ1) is 27.9. The predicted molar refractivity (Wildman–Crippen MR) is 210 cm³/mol. The van der Waals surface area contributed by atoms with Gasteiger partial charge in [0.25, 0.3) is 0 Å². The molecule has 9 aromatic rings. The first-order valence-corrected chi connectivity index (χ1v) is 17.7. The number of hydrogen-bond donors (Lipinski definition) is 0. The quantitative estimate of drug-likeness (QED) is 0.167. The average Bonchev–Trinajstić information content (AvgIpc) is 3.74. The molecule has 11 heteroatoms. The van der Waals surface area contributed by atoms with Crippen LogP contribution in [0.1, 0.15) is 27.8 Å². The van der Waals surface area contributed by atoms with Gasteiger partial charge in [-0.05, 0) is 96.1 Å². The number of rotatable bonds is 4. The minimum Gasteiger partial charge on any atom is -0.309 e. The van der Waals surface area contributed by atoms with E-state index in [4.69, 9.17) is 0 Å². The van der Waals surface area contributed by atoms with Gasteiger partial charge in [-0.1, -0.05) is 54.6 Å². The topological polar surface area (TPSA) is 81.2 Å². The van der Waals surface area contributed by atoms with Crippen molar-refractivity contribution in [2.75, 3.05) is 0 Å². The van der Waals surface area contributed by atoms with E-state index in [1.54, 1.807) is 60.7 Å². The van der Waals surface area contributed by atoms with Crippen LogP contribution >= 0.6 is 0 Å². The summed E-state index contributed by atoms with van der Waals surface area (Å²) in [5.74, 6) is 0. The summed E-state index contributed by atoms with van der Waals surface area (Å²) in [5, 5.41) is 32.8. The first-order valence-electron chi connectivity index (χ1n) is 17.7. The summed E-state index contributed by atoms with van der Waals surface area (Å²) in [6.45, 7) is 0. The number of para-hydroxylation sites is 2. The third-order valence-corrected chi connectivity index (χ3v) is 10.5. The molecule has 0 aliphatic carbocycles. The monoisotopic (exact) mass is 771 g/mol. The van der Waals surface area contributed by atoms with Gasteiger partial charge in [-0.25, -0.2) is 0 Å². The molecule has 0 saturated carbocycles. The van der Waals surface area contributed by atoms with Crippen molar-refractivity contribution >= 4 is 43.6 Å². The third-order valence-electron chi connectivity index (χ3n) is 10.5. The summed E-state index contributed by atoms with van der Waals surface area (Å²) in [5.41, 5.74) is 2.60. The molecule has 0 unspecified atom stereocenters. The van der Waals surface area contributed by atoms with E-state index in [0.29, 0.717) is 61.7 Å². The molecule has 0 amide bonds. The highest BCUT2D eigenvalue weighted by molar-refractivity contribution is 6.12. The standard InChI is InChI=1S/C47H23F6N5/c48-46(49,50)31-13-15-32(39(23-31)47(51,52)53)30-12-14-35(45(22-30)58-41-8-4-2-6-34(41)37-20-28(25-55)11-18-44(37)58)38-21-29(26-56)10-17-43(38)57-40-7-3-1-5-33(40)36-19-27(24-54)9-16-42(36)57/h1-23H. The predicted octanol–water partition coefficient (Wildman–Crippen LogP) is 12.9. The summed E-state index contributed by atoms with van der Waals surface area (Å²) in [7, 11) is 0. The minimum atomic E-state index is -5.13. The SMILES string of the molecule is N#Cc1ccc(-n2c3ccccc3c3cc(C#N)ccc32)c(-c2ccc(-c3ccc(C(F)(F)F)cc3C(F)(F)F)cc2-n2c3ccccc3c3cc(C#N)ccc32)c1. The van der Waals surface area contributed by atoms with E-state index in [9.17, 15) is 42.1 Å². The molecule has 278 valence electrons. The molecule has 7 aromatic carbocycles. The summed E-state index contributed by atoms with van der Waals surface area (Å²) in [6, 6.07) is 43.3. The van der Waals surface area contributed by atoms with Gasteiger partial charge in [-0.3, -0.25) is 0 Å². The van der Waals surface area contributed by atoms with Crippen molar-refractivity contribution < 1.29 is 26.3 Å². The molecular formula is C47H23F6N5. The molecule has 0 spiro atoms. The smallest absolute Gasteiger partial charge is 0.309 e. The van der Waals surface area contributed by atoms with Gasteiger partial charge in [-0.2, -0.15) is 42.1 Å². The fourth-order valence-corrected chi connectivity index (χ4v) is 7.94. The second kappa shape index (κ2) is 13.2. The number of halogens is 6. The van der Waals surface area contributed by atoms with Gasteiger partial charge < -0.3 is 9.13 Å². The van der Waals surface area contributed by atoms with Crippen molar-refractivity contribution in [3.63, 3.8) is 0 Å². The molecule has 2 aromatic heterocycles. The Morgan fingerprint density at radius 3 is 1.45 bits per heavy atom. The molecule has 0 saturated heterocycles. The Morgan fingerprint density at radius 1 is 0.397 bits per heavy atom. The van der Waals surface area contributed by atoms with Crippen molar-refractivity contribution in [3.05, 3.63) is 167 Å². The van der Waals surface area contributed by atoms with Crippen molar-refractivity contribution in [3.8, 4) is 51.8 Å². The fourth-order valence-electron chi connectivity index (χ4n) is 7.94. The lowest BCUT2D eigenvalue weighted by Crippen LogP contribution is -2.12. The highest BCUT2D eigenvalue weighted by atomic mass is 19.4.